The van der Waals surface area contributed by atoms with Crippen LogP contribution < -0.4 is 5.32 Å². The third-order valence-corrected chi connectivity index (χ3v) is 3.71. The molecule has 3 aromatic rings. The number of benzene rings is 2. The minimum Gasteiger partial charge on any atom is -0.385 e. The lowest BCUT2D eigenvalue weighted by Crippen LogP contribution is -2.05. The topological polar surface area (TPSA) is 40.7 Å². The van der Waals surface area contributed by atoms with E-state index in [-0.39, 0.29) is 0 Å². The molecule has 2 aromatic carbocycles. The smallest absolute Gasteiger partial charge is 0.109 e. The maximum absolute atomic E-state index is 4.70. The van der Waals surface area contributed by atoms with Gasteiger partial charge in [-0.1, -0.05) is 23.8 Å². The van der Waals surface area contributed by atoms with Crippen LogP contribution in [0, 0.1) is 20.8 Å². The fourth-order valence-corrected chi connectivity index (χ4v) is 2.64. The molecule has 0 amide bonds. The van der Waals surface area contributed by atoms with Crippen molar-refractivity contribution in [1.29, 1.82) is 0 Å². The van der Waals surface area contributed by atoms with Crippen LogP contribution in [0.4, 0.5) is 5.69 Å². The van der Waals surface area contributed by atoms with Crippen molar-refractivity contribution in [1.82, 2.24) is 9.97 Å². The minimum absolute atomic E-state index is 0.876. The number of nitrogens with one attached hydrogen (secondary N) is 2. The average molecular weight is 279 g/mol. The van der Waals surface area contributed by atoms with Gasteiger partial charge in [0.15, 0.2) is 0 Å². The van der Waals surface area contributed by atoms with E-state index in [1.807, 2.05) is 0 Å². The van der Waals surface area contributed by atoms with Crippen molar-refractivity contribution in [2.24, 2.45) is 0 Å². The number of hydrogen-bond acceptors (Lipinski definition) is 2. The first-order valence-electron chi connectivity index (χ1n) is 7.38. The lowest BCUT2D eigenvalue weighted by molar-refractivity contribution is 0.934. The van der Waals surface area contributed by atoms with Crippen LogP contribution in [-0.4, -0.2) is 16.5 Å². The molecular formula is C18H21N3. The molecule has 0 saturated carbocycles. The van der Waals surface area contributed by atoms with Gasteiger partial charge in [-0.15, -0.1) is 0 Å². The van der Waals surface area contributed by atoms with Gasteiger partial charge in [-0.2, -0.15) is 0 Å². The van der Waals surface area contributed by atoms with Crippen molar-refractivity contribution in [2.75, 3.05) is 11.9 Å². The Morgan fingerprint density at radius 2 is 1.76 bits per heavy atom. The van der Waals surface area contributed by atoms with Crippen LogP contribution in [0.2, 0.25) is 0 Å². The molecule has 0 unspecified atom stereocenters. The predicted octanol–water partition coefficient (Wildman–Crippen LogP) is 4.14. The molecular weight excluding hydrogens is 258 g/mol. The number of hydrogen-bond donors (Lipinski definition) is 2. The van der Waals surface area contributed by atoms with Crippen LogP contribution in [0.3, 0.4) is 0 Å². The maximum Gasteiger partial charge on any atom is 0.109 e. The molecule has 21 heavy (non-hydrogen) atoms. The van der Waals surface area contributed by atoms with Gasteiger partial charge < -0.3 is 10.3 Å². The number of H-pyrrole nitrogens is 1. The van der Waals surface area contributed by atoms with Gasteiger partial charge in [-0.3, -0.25) is 0 Å². The van der Waals surface area contributed by atoms with Crippen molar-refractivity contribution in [3.8, 4) is 0 Å². The molecule has 0 aliphatic heterocycles. The summed E-state index contributed by atoms with van der Waals surface area (Å²) in [5.41, 5.74) is 7.17. The Balaban J connectivity index is 1.68. The number of aryl methyl sites for hydroxylation is 3. The Hall–Kier alpha value is -2.29. The number of fused-ring (bicyclic) bond motifs is 1. The lowest BCUT2D eigenvalue weighted by atomic mass is 10.1. The van der Waals surface area contributed by atoms with Gasteiger partial charge in [0.1, 0.15) is 5.82 Å². The number of imidazole rings is 1. The van der Waals surface area contributed by atoms with Gasteiger partial charge in [-0.25, -0.2) is 4.98 Å². The molecule has 1 aromatic heterocycles. The summed E-state index contributed by atoms with van der Waals surface area (Å²) < 4.78 is 0. The molecule has 0 aliphatic rings. The SMILES string of the molecule is Cc1ccc(NCCc2nc3c(C)cc(C)cc3[nH]2)cc1. The third-order valence-electron chi connectivity index (χ3n) is 3.71. The van der Waals surface area contributed by atoms with E-state index < -0.39 is 0 Å². The van der Waals surface area contributed by atoms with E-state index in [0.717, 1.165) is 35.5 Å². The van der Waals surface area contributed by atoms with Crippen LogP contribution >= 0.6 is 0 Å². The number of anilines is 1. The molecule has 0 bridgehead atoms. The van der Waals surface area contributed by atoms with Crippen molar-refractivity contribution >= 4 is 16.7 Å². The summed E-state index contributed by atoms with van der Waals surface area (Å²) in [4.78, 5) is 8.12. The van der Waals surface area contributed by atoms with E-state index >= 15 is 0 Å². The Labute approximate surface area is 125 Å². The molecule has 108 valence electrons. The first-order chi connectivity index (χ1) is 10.1. The van der Waals surface area contributed by atoms with E-state index in [4.69, 9.17) is 4.98 Å². The molecule has 0 spiro atoms. The summed E-state index contributed by atoms with van der Waals surface area (Å²) in [5.74, 6) is 1.04. The molecule has 3 nitrogen and oxygen atoms in total. The van der Waals surface area contributed by atoms with E-state index in [1.54, 1.807) is 0 Å². The molecule has 0 fully saturated rings. The second kappa shape index (κ2) is 5.60. The largest absolute Gasteiger partial charge is 0.385 e. The fourth-order valence-electron chi connectivity index (χ4n) is 2.64. The Kier molecular flexibility index (Phi) is 3.65. The Morgan fingerprint density at radius 1 is 1.00 bits per heavy atom. The van der Waals surface area contributed by atoms with Gasteiger partial charge in [-0.05, 0) is 50.1 Å². The zero-order valence-corrected chi connectivity index (χ0v) is 12.8. The predicted molar refractivity (Wildman–Crippen MR) is 88.9 cm³/mol. The average Bonchev–Trinajstić information content (AvgIpc) is 2.84. The Morgan fingerprint density at radius 3 is 2.52 bits per heavy atom. The number of aromatic amines is 1. The summed E-state index contributed by atoms with van der Waals surface area (Å²) in [6.45, 7) is 7.21. The van der Waals surface area contributed by atoms with Gasteiger partial charge in [0.05, 0.1) is 11.0 Å². The van der Waals surface area contributed by atoms with Crippen molar-refractivity contribution in [3.63, 3.8) is 0 Å². The summed E-state index contributed by atoms with van der Waals surface area (Å²) in [6, 6.07) is 12.8. The molecule has 0 saturated heterocycles. The van der Waals surface area contributed by atoms with Crippen molar-refractivity contribution < 1.29 is 0 Å². The van der Waals surface area contributed by atoms with Gasteiger partial charge in [0.2, 0.25) is 0 Å². The van der Waals surface area contributed by atoms with Crippen LogP contribution in [0.1, 0.15) is 22.5 Å². The molecule has 0 atom stereocenters. The highest BCUT2D eigenvalue weighted by Crippen LogP contribution is 2.18. The maximum atomic E-state index is 4.70. The van der Waals surface area contributed by atoms with Gasteiger partial charge >= 0.3 is 0 Å². The summed E-state index contributed by atoms with van der Waals surface area (Å²) in [5, 5.41) is 3.43. The van der Waals surface area contributed by atoms with Crippen LogP contribution in [0.15, 0.2) is 36.4 Å². The number of nitrogens with zero attached hydrogens (tertiary/aromatic N) is 1. The van der Waals surface area contributed by atoms with E-state index in [2.05, 4.69) is 67.5 Å². The molecule has 0 radical (unpaired) electrons. The third kappa shape index (κ3) is 3.07. The first kappa shape index (κ1) is 13.7. The van der Waals surface area contributed by atoms with Crippen molar-refractivity contribution in [3.05, 3.63) is 58.9 Å². The highest BCUT2D eigenvalue weighted by molar-refractivity contribution is 5.79. The summed E-state index contributed by atoms with van der Waals surface area (Å²) in [6.07, 6.45) is 0.890. The molecule has 2 N–H and O–H groups in total. The molecule has 3 heteroatoms. The number of aromatic nitrogens is 2. The van der Waals surface area contributed by atoms with Crippen LogP contribution in [0.5, 0.6) is 0 Å². The second-order valence-corrected chi connectivity index (χ2v) is 5.70. The fraction of sp³-hybridized carbons (Fsp3) is 0.278. The van der Waals surface area contributed by atoms with Gasteiger partial charge in [0.25, 0.3) is 0 Å². The lowest BCUT2D eigenvalue weighted by Gasteiger charge is -2.05. The Bertz CT molecular complexity index is 754. The normalized spacial score (nSPS) is 11.0. The molecule has 0 aliphatic carbocycles. The van der Waals surface area contributed by atoms with E-state index in [9.17, 15) is 0 Å². The highest BCUT2D eigenvalue weighted by atomic mass is 14.9. The van der Waals surface area contributed by atoms with Crippen LogP contribution in [-0.2, 0) is 6.42 Å². The standard InChI is InChI=1S/C18H21N3/c1-12-4-6-15(7-5-12)19-9-8-17-20-16-11-13(2)10-14(3)18(16)21-17/h4-7,10-11,19H,8-9H2,1-3H3,(H,20,21). The quantitative estimate of drug-likeness (QED) is 0.753. The van der Waals surface area contributed by atoms with Crippen LogP contribution in [0.25, 0.3) is 11.0 Å². The first-order valence-corrected chi connectivity index (χ1v) is 7.38. The van der Waals surface area contributed by atoms with E-state index in [0.29, 0.717) is 0 Å². The van der Waals surface area contributed by atoms with Gasteiger partial charge in [0, 0.05) is 18.7 Å². The van der Waals surface area contributed by atoms with E-state index in [1.165, 1.54) is 16.7 Å². The minimum atomic E-state index is 0.876. The number of rotatable bonds is 4. The van der Waals surface area contributed by atoms with Crippen molar-refractivity contribution in [2.45, 2.75) is 27.2 Å². The highest BCUT2D eigenvalue weighted by Gasteiger charge is 2.05. The molecule has 1 heterocycles. The summed E-state index contributed by atoms with van der Waals surface area (Å²) in [7, 11) is 0. The second-order valence-electron chi connectivity index (χ2n) is 5.70. The molecule has 3 rings (SSSR count). The zero-order valence-electron chi connectivity index (χ0n) is 12.8. The zero-order chi connectivity index (χ0) is 14.8. The summed E-state index contributed by atoms with van der Waals surface area (Å²) >= 11 is 0. The monoisotopic (exact) mass is 279 g/mol.